The first-order valence-corrected chi connectivity index (χ1v) is 7.50. The van der Waals surface area contributed by atoms with Gasteiger partial charge < -0.3 is 5.11 Å². The summed E-state index contributed by atoms with van der Waals surface area (Å²) in [5, 5.41) is 8.85. The average molecular weight is 337 g/mol. The third kappa shape index (κ3) is 3.61. The zero-order chi connectivity index (χ0) is 13.8. The SMILES string of the molecule is CCc1ccc(Sc2ccc(C(=O)O)cc2)c(Br)c1. The van der Waals surface area contributed by atoms with Crippen LogP contribution < -0.4 is 0 Å². The summed E-state index contributed by atoms with van der Waals surface area (Å²) in [6.45, 7) is 2.12. The number of rotatable bonds is 4. The molecule has 0 spiro atoms. The molecular formula is C15H13BrO2S. The Balaban J connectivity index is 2.19. The predicted octanol–water partition coefficient (Wildman–Crippen LogP) is 4.86. The Kier molecular flexibility index (Phi) is 4.66. The third-order valence-corrected chi connectivity index (χ3v) is 4.74. The number of benzene rings is 2. The molecule has 2 aromatic carbocycles. The van der Waals surface area contributed by atoms with E-state index in [4.69, 9.17) is 5.11 Å². The van der Waals surface area contributed by atoms with Crippen LogP contribution in [0.3, 0.4) is 0 Å². The van der Waals surface area contributed by atoms with Crippen LogP contribution in [0, 0.1) is 0 Å². The van der Waals surface area contributed by atoms with E-state index in [1.807, 2.05) is 12.1 Å². The minimum Gasteiger partial charge on any atom is -0.478 e. The second-order valence-corrected chi connectivity index (χ2v) is 6.02. The van der Waals surface area contributed by atoms with Gasteiger partial charge in [-0.2, -0.15) is 0 Å². The van der Waals surface area contributed by atoms with Gasteiger partial charge in [-0.25, -0.2) is 4.79 Å². The van der Waals surface area contributed by atoms with Crippen LogP contribution in [-0.2, 0) is 6.42 Å². The van der Waals surface area contributed by atoms with Gasteiger partial charge in [0.1, 0.15) is 0 Å². The molecule has 0 aliphatic rings. The summed E-state index contributed by atoms with van der Waals surface area (Å²) in [5.41, 5.74) is 1.60. The van der Waals surface area contributed by atoms with E-state index in [2.05, 4.69) is 41.1 Å². The Morgan fingerprint density at radius 1 is 1.21 bits per heavy atom. The first-order chi connectivity index (χ1) is 9.10. The second kappa shape index (κ2) is 6.26. The number of halogens is 1. The maximum atomic E-state index is 10.8. The van der Waals surface area contributed by atoms with Crippen molar-refractivity contribution in [2.45, 2.75) is 23.1 Å². The van der Waals surface area contributed by atoms with Crippen molar-refractivity contribution < 1.29 is 9.90 Å². The van der Waals surface area contributed by atoms with E-state index < -0.39 is 5.97 Å². The Labute approximate surface area is 125 Å². The van der Waals surface area contributed by atoms with E-state index in [-0.39, 0.29) is 0 Å². The molecule has 0 heterocycles. The van der Waals surface area contributed by atoms with Crippen molar-refractivity contribution in [1.29, 1.82) is 0 Å². The van der Waals surface area contributed by atoms with E-state index in [0.717, 1.165) is 20.7 Å². The van der Waals surface area contributed by atoms with Gasteiger partial charge in [-0.15, -0.1) is 0 Å². The molecule has 0 fully saturated rings. The summed E-state index contributed by atoms with van der Waals surface area (Å²) >= 11 is 5.18. The highest BCUT2D eigenvalue weighted by atomic mass is 79.9. The molecule has 98 valence electrons. The van der Waals surface area contributed by atoms with Crippen LogP contribution in [0.15, 0.2) is 56.7 Å². The van der Waals surface area contributed by atoms with E-state index in [1.54, 1.807) is 23.9 Å². The van der Waals surface area contributed by atoms with Crippen molar-refractivity contribution in [2.75, 3.05) is 0 Å². The molecule has 0 aromatic heterocycles. The van der Waals surface area contributed by atoms with Crippen molar-refractivity contribution >= 4 is 33.7 Å². The molecule has 2 aromatic rings. The van der Waals surface area contributed by atoms with E-state index in [0.29, 0.717) is 5.56 Å². The molecule has 0 amide bonds. The molecule has 2 rings (SSSR count). The quantitative estimate of drug-likeness (QED) is 0.866. The van der Waals surface area contributed by atoms with E-state index in [1.165, 1.54) is 5.56 Å². The number of hydrogen-bond donors (Lipinski definition) is 1. The molecule has 19 heavy (non-hydrogen) atoms. The molecule has 0 radical (unpaired) electrons. The summed E-state index contributed by atoms with van der Waals surface area (Å²) in [7, 11) is 0. The number of carbonyl (C=O) groups is 1. The molecular weight excluding hydrogens is 324 g/mol. The summed E-state index contributed by atoms with van der Waals surface area (Å²) in [6, 6.07) is 13.2. The van der Waals surface area contributed by atoms with Gasteiger partial charge in [0, 0.05) is 14.3 Å². The van der Waals surface area contributed by atoms with Gasteiger partial charge in [0.05, 0.1) is 5.56 Å². The predicted molar refractivity (Wildman–Crippen MR) is 81.0 cm³/mol. The van der Waals surface area contributed by atoms with Crippen LogP contribution in [0.1, 0.15) is 22.8 Å². The first-order valence-electron chi connectivity index (χ1n) is 5.90. The zero-order valence-corrected chi connectivity index (χ0v) is 12.8. The lowest BCUT2D eigenvalue weighted by Gasteiger charge is -2.06. The number of carboxylic acids is 1. The Bertz CT molecular complexity index is 594. The lowest BCUT2D eigenvalue weighted by atomic mass is 10.2. The highest BCUT2D eigenvalue weighted by molar-refractivity contribution is 9.10. The molecule has 0 aliphatic heterocycles. The Hall–Kier alpha value is -1.26. The normalized spacial score (nSPS) is 10.4. The highest BCUT2D eigenvalue weighted by Crippen LogP contribution is 2.34. The number of hydrogen-bond acceptors (Lipinski definition) is 2. The topological polar surface area (TPSA) is 37.3 Å². The molecule has 2 nitrogen and oxygen atoms in total. The Morgan fingerprint density at radius 2 is 1.89 bits per heavy atom. The van der Waals surface area contributed by atoms with Gasteiger partial charge in [-0.05, 0) is 64.3 Å². The molecule has 0 saturated carbocycles. The van der Waals surface area contributed by atoms with Crippen molar-refractivity contribution in [3.05, 3.63) is 58.1 Å². The largest absolute Gasteiger partial charge is 0.478 e. The maximum absolute atomic E-state index is 10.8. The standard InChI is InChI=1S/C15H13BrO2S/c1-2-10-3-8-14(13(16)9-10)19-12-6-4-11(5-7-12)15(17)18/h3-9H,2H2,1H3,(H,17,18). The summed E-state index contributed by atoms with van der Waals surface area (Å²) in [6.07, 6.45) is 1.01. The number of aryl methyl sites for hydroxylation is 1. The highest BCUT2D eigenvalue weighted by Gasteiger charge is 2.05. The van der Waals surface area contributed by atoms with Gasteiger partial charge in [0.2, 0.25) is 0 Å². The van der Waals surface area contributed by atoms with Gasteiger partial charge >= 0.3 is 5.97 Å². The van der Waals surface area contributed by atoms with Crippen molar-refractivity contribution in [1.82, 2.24) is 0 Å². The van der Waals surface area contributed by atoms with Crippen LogP contribution in [0.25, 0.3) is 0 Å². The van der Waals surface area contributed by atoms with Gasteiger partial charge in [-0.1, -0.05) is 24.8 Å². The van der Waals surface area contributed by atoms with Crippen LogP contribution >= 0.6 is 27.7 Å². The Morgan fingerprint density at radius 3 is 2.42 bits per heavy atom. The fourth-order valence-corrected chi connectivity index (χ4v) is 3.13. The summed E-state index contributed by atoms with van der Waals surface area (Å²) in [4.78, 5) is 12.9. The minimum atomic E-state index is -0.898. The second-order valence-electron chi connectivity index (χ2n) is 4.05. The molecule has 4 heteroatoms. The maximum Gasteiger partial charge on any atom is 0.335 e. The number of carboxylic acid groups (broad SMARTS) is 1. The third-order valence-electron chi connectivity index (χ3n) is 2.73. The first kappa shape index (κ1) is 14.2. The van der Waals surface area contributed by atoms with E-state index >= 15 is 0 Å². The van der Waals surface area contributed by atoms with Crippen molar-refractivity contribution in [3.8, 4) is 0 Å². The van der Waals surface area contributed by atoms with Gasteiger partial charge in [0.15, 0.2) is 0 Å². The fourth-order valence-electron chi connectivity index (χ4n) is 1.64. The summed E-state index contributed by atoms with van der Waals surface area (Å²) in [5.74, 6) is -0.898. The van der Waals surface area contributed by atoms with Crippen LogP contribution in [0.4, 0.5) is 0 Å². The summed E-state index contributed by atoms with van der Waals surface area (Å²) < 4.78 is 1.07. The lowest BCUT2D eigenvalue weighted by molar-refractivity contribution is 0.0697. The molecule has 0 bridgehead atoms. The monoisotopic (exact) mass is 336 g/mol. The molecule has 0 atom stereocenters. The minimum absolute atomic E-state index is 0.310. The fraction of sp³-hybridized carbons (Fsp3) is 0.133. The van der Waals surface area contributed by atoms with Gasteiger partial charge in [0.25, 0.3) is 0 Å². The van der Waals surface area contributed by atoms with Crippen LogP contribution in [0.2, 0.25) is 0 Å². The van der Waals surface area contributed by atoms with Gasteiger partial charge in [-0.3, -0.25) is 0 Å². The molecule has 1 N–H and O–H groups in total. The zero-order valence-electron chi connectivity index (χ0n) is 10.4. The molecule has 0 saturated heterocycles. The smallest absolute Gasteiger partial charge is 0.335 e. The molecule has 0 unspecified atom stereocenters. The van der Waals surface area contributed by atoms with Crippen LogP contribution in [0.5, 0.6) is 0 Å². The van der Waals surface area contributed by atoms with E-state index in [9.17, 15) is 4.79 Å². The van der Waals surface area contributed by atoms with Crippen LogP contribution in [-0.4, -0.2) is 11.1 Å². The number of aromatic carboxylic acids is 1. The average Bonchev–Trinajstić information content (AvgIpc) is 2.41. The van der Waals surface area contributed by atoms with Crippen molar-refractivity contribution in [3.63, 3.8) is 0 Å². The lowest BCUT2D eigenvalue weighted by Crippen LogP contribution is -1.94. The van der Waals surface area contributed by atoms with Crippen molar-refractivity contribution in [2.24, 2.45) is 0 Å². The molecule has 0 aliphatic carbocycles.